The van der Waals surface area contributed by atoms with Gasteiger partial charge < -0.3 is 0 Å². The number of nitriles is 1. The van der Waals surface area contributed by atoms with Gasteiger partial charge in [0.15, 0.2) is 9.84 Å². The lowest BCUT2D eigenvalue weighted by Gasteiger charge is -2.04. The van der Waals surface area contributed by atoms with Gasteiger partial charge in [0.2, 0.25) is 0 Å². The van der Waals surface area contributed by atoms with Crippen LogP contribution in [0, 0.1) is 24.2 Å². The highest BCUT2D eigenvalue weighted by Crippen LogP contribution is 2.53. The second-order valence-corrected chi connectivity index (χ2v) is 8.10. The van der Waals surface area contributed by atoms with Crippen LogP contribution in [0.3, 0.4) is 0 Å². The zero-order valence-electron chi connectivity index (χ0n) is 11.9. The molecule has 0 heterocycles. The topological polar surface area (TPSA) is 57.9 Å². The van der Waals surface area contributed by atoms with Gasteiger partial charge in [0, 0.05) is 10.9 Å². The smallest absolute Gasteiger partial charge is 0.183 e. The maximum atomic E-state index is 12.7. The fourth-order valence-electron chi connectivity index (χ4n) is 2.79. The van der Waals surface area contributed by atoms with Gasteiger partial charge >= 0.3 is 0 Å². The molecule has 3 rings (SSSR count). The average molecular weight is 332 g/mol. The molecule has 0 aromatic heterocycles. The summed E-state index contributed by atoms with van der Waals surface area (Å²) in [5.41, 5.74) is 1.84. The van der Waals surface area contributed by atoms with Gasteiger partial charge in [-0.25, -0.2) is 8.42 Å². The predicted octanol–water partition coefficient (Wildman–Crippen LogP) is 3.73. The normalized spacial score (nSPS) is 23.8. The zero-order chi connectivity index (χ0) is 15.9. The molecule has 3 nitrogen and oxygen atoms in total. The minimum Gasteiger partial charge on any atom is -0.223 e. The second-order valence-electron chi connectivity index (χ2n) is 5.55. The molecule has 0 spiro atoms. The number of aryl methyl sites for hydroxylation is 1. The maximum Gasteiger partial charge on any atom is 0.183 e. The molecule has 0 amide bonds. The van der Waals surface area contributed by atoms with E-state index in [1.807, 2.05) is 6.92 Å². The largest absolute Gasteiger partial charge is 0.223 e. The quantitative estimate of drug-likeness (QED) is 0.861. The van der Waals surface area contributed by atoms with Crippen molar-refractivity contribution < 1.29 is 8.42 Å². The second kappa shape index (κ2) is 5.42. The molecule has 0 bridgehead atoms. The first-order valence-electron chi connectivity index (χ1n) is 6.91. The lowest BCUT2D eigenvalue weighted by molar-refractivity contribution is 0.593. The van der Waals surface area contributed by atoms with E-state index in [0.29, 0.717) is 5.02 Å². The standard InChI is InChI=1S/C17H14ClNO2S/c1-11-2-8-14(9-3-11)22(20,21)17-15(10-19)16(17)12-4-6-13(18)7-5-12/h2-9,15-17H,1H3. The van der Waals surface area contributed by atoms with Crippen LogP contribution >= 0.6 is 11.6 Å². The number of sulfone groups is 1. The SMILES string of the molecule is Cc1ccc(S(=O)(=O)C2C(C#N)C2c2ccc(Cl)cc2)cc1. The first-order chi connectivity index (χ1) is 10.4. The summed E-state index contributed by atoms with van der Waals surface area (Å²) < 4.78 is 25.5. The molecule has 22 heavy (non-hydrogen) atoms. The Hall–Kier alpha value is -1.83. The van der Waals surface area contributed by atoms with E-state index in [2.05, 4.69) is 6.07 Å². The van der Waals surface area contributed by atoms with Gasteiger partial charge in [-0.3, -0.25) is 0 Å². The summed E-state index contributed by atoms with van der Waals surface area (Å²) in [7, 11) is -3.51. The molecule has 1 saturated carbocycles. The fraction of sp³-hybridized carbons (Fsp3) is 0.235. The number of rotatable bonds is 3. The van der Waals surface area contributed by atoms with Crippen molar-refractivity contribution in [2.75, 3.05) is 0 Å². The van der Waals surface area contributed by atoms with Crippen molar-refractivity contribution in [1.82, 2.24) is 0 Å². The van der Waals surface area contributed by atoms with E-state index in [1.165, 1.54) is 0 Å². The Morgan fingerprint density at radius 3 is 2.18 bits per heavy atom. The van der Waals surface area contributed by atoms with Gasteiger partial charge in [0.1, 0.15) is 0 Å². The number of halogens is 1. The summed E-state index contributed by atoms with van der Waals surface area (Å²) >= 11 is 5.86. The Bertz CT molecular complexity index is 836. The molecule has 1 fully saturated rings. The lowest BCUT2D eigenvalue weighted by atomic mass is 10.1. The summed E-state index contributed by atoms with van der Waals surface area (Å²) in [6, 6.07) is 15.9. The molecular formula is C17H14ClNO2S. The van der Waals surface area contributed by atoms with E-state index >= 15 is 0 Å². The lowest BCUT2D eigenvalue weighted by Crippen LogP contribution is -2.10. The third-order valence-electron chi connectivity index (χ3n) is 4.07. The summed E-state index contributed by atoms with van der Waals surface area (Å²) in [4.78, 5) is 0.278. The molecular weight excluding hydrogens is 318 g/mol. The van der Waals surface area contributed by atoms with Crippen molar-refractivity contribution in [3.8, 4) is 6.07 Å². The summed E-state index contributed by atoms with van der Waals surface area (Å²) in [5, 5.41) is 9.19. The van der Waals surface area contributed by atoms with Crippen LogP contribution in [0.5, 0.6) is 0 Å². The number of hydrogen-bond donors (Lipinski definition) is 0. The van der Waals surface area contributed by atoms with E-state index in [9.17, 15) is 13.7 Å². The molecule has 1 aliphatic carbocycles. The minimum absolute atomic E-state index is 0.278. The Kier molecular flexibility index (Phi) is 3.72. The van der Waals surface area contributed by atoms with Crippen LogP contribution in [0.1, 0.15) is 17.0 Å². The van der Waals surface area contributed by atoms with Crippen LogP contribution in [-0.4, -0.2) is 13.7 Å². The number of hydrogen-bond acceptors (Lipinski definition) is 3. The first kappa shape index (κ1) is 15.1. The number of nitrogens with zero attached hydrogens (tertiary/aromatic N) is 1. The Labute approximate surface area is 135 Å². The maximum absolute atomic E-state index is 12.7. The van der Waals surface area contributed by atoms with Gasteiger partial charge in [-0.1, -0.05) is 41.4 Å². The van der Waals surface area contributed by atoms with Crippen LogP contribution in [0.4, 0.5) is 0 Å². The minimum atomic E-state index is -3.51. The molecule has 112 valence electrons. The molecule has 2 aromatic carbocycles. The predicted molar refractivity (Wildman–Crippen MR) is 85.4 cm³/mol. The average Bonchev–Trinajstić information content (AvgIpc) is 3.24. The third kappa shape index (κ3) is 2.51. The van der Waals surface area contributed by atoms with Crippen molar-refractivity contribution in [1.29, 1.82) is 5.26 Å². The van der Waals surface area contributed by atoms with E-state index in [4.69, 9.17) is 11.6 Å². The molecule has 3 atom stereocenters. The Balaban J connectivity index is 1.95. The highest BCUT2D eigenvalue weighted by atomic mass is 35.5. The van der Waals surface area contributed by atoms with Crippen LogP contribution in [0.2, 0.25) is 5.02 Å². The van der Waals surface area contributed by atoms with Crippen molar-refractivity contribution in [3.05, 3.63) is 64.7 Å². The zero-order valence-corrected chi connectivity index (χ0v) is 13.5. The Morgan fingerprint density at radius 1 is 1.05 bits per heavy atom. The van der Waals surface area contributed by atoms with E-state index in [0.717, 1.165) is 11.1 Å². The highest BCUT2D eigenvalue weighted by Gasteiger charge is 2.59. The third-order valence-corrected chi connectivity index (χ3v) is 6.55. The molecule has 0 aliphatic heterocycles. The highest BCUT2D eigenvalue weighted by molar-refractivity contribution is 7.92. The van der Waals surface area contributed by atoms with Crippen LogP contribution in [-0.2, 0) is 9.84 Å². The van der Waals surface area contributed by atoms with E-state index in [1.54, 1.807) is 48.5 Å². The van der Waals surface area contributed by atoms with E-state index in [-0.39, 0.29) is 10.8 Å². The Morgan fingerprint density at radius 2 is 1.64 bits per heavy atom. The van der Waals surface area contributed by atoms with Gasteiger partial charge in [0.05, 0.1) is 22.1 Å². The molecule has 5 heteroatoms. The van der Waals surface area contributed by atoms with Crippen LogP contribution in [0.15, 0.2) is 53.4 Å². The van der Waals surface area contributed by atoms with E-state index < -0.39 is 21.0 Å². The van der Waals surface area contributed by atoms with Crippen molar-refractivity contribution in [3.63, 3.8) is 0 Å². The molecule has 1 aliphatic rings. The van der Waals surface area contributed by atoms with Crippen molar-refractivity contribution >= 4 is 21.4 Å². The molecule has 0 N–H and O–H groups in total. The molecule has 2 aromatic rings. The summed E-state index contributed by atoms with van der Waals surface area (Å²) in [6.07, 6.45) is 0. The van der Waals surface area contributed by atoms with Gasteiger partial charge in [-0.2, -0.15) is 5.26 Å². The molecule has 0 radical (unpaired) electrons. The van der Waals surface area contributed by atoms with Gasteiger partial charge in [-0.15, -0.1) is 0 Å². The van der Waals surface area contributed by atoms with Crippen molar-refractivity contribution in [2.45, 2.75) is 23.0 Å². The van der Waals surface area contributed by atoms with Gasteiger partial charge in [0.25, 0.3) is 0 Å². The van der Waals surface area contributed by atoms with Crippen molar-refractivity contribution in [2.24, 2.45) is 5.92 Å². The monoisotopic (exact) mass is 331 g/mol. The fourth-order valence-corrected chi connectivity index (χ4v) is 4.98. The van der Waals surface area contributed by atoms with Gasteiger partial charge in [-0.05, 0) is 36.8 Å². The summed E-state index contributed by atoms with van der Waals surface area (Å²) in [5.74, 6) is -0.791. The van der Waals surface area contributed by atoms with Crippen LogP contribution < -0.4 is 0 Å². The summed E-state index contributed by atoms with van der Waals surface area (Å²) in [6.45, 7) is 1.90. The number of benzene rings is 2. The molecule has 3 unspecified atom stereocenters. The molecule has 0 saturated heterocycles. The van der Waals surface area contributed by atoms with Crippen LogP contribution in [0.25, 0.3) is 0 Å². The first-order valence-corrected chi connectivity index (χ1v) is 8.83.